The molecule has 1 aliphatic carbocycles. The van der Waals surface area contributed by atoms with Crippen molar-refractivity contribution in [3.05, 3.63) is 65.0 Å². The highest BCUT2D eigenvalue weighted by Crippen LogP contribution is 2.37. The van der Waals surface area contributed by atoms with Crippen LogP contribution in [0.15, 0.2) is 42.6 Å². The lowest BCUT2D eigenvalue weighted by atomic mass is 9.80. The molecule has 2 aromatic rings. The molecule has 2 nitrogen and oxygen atoms in total. The van der Waals surface area contributed by atoms with E-state index in [0.717, 1.165) is 12.8 Å². The standard InChI is InChI=1S/C17H20N2/c1-12-5-2-7-14(11-12)16(18)15-9-3-6-13-8-4-10-19-17(13)15/h2,4-5,7-8,10-11,15-16H,3,6,9,18H2,1H3. The Kier molecular flexibility index (Phi) is 3.34. The first-order valence-corrected chi connectivity index (χ1v) is 7.01. The van der Waals surface area contributed by atoms with E-state index < -0.39 is 0 Å². The second-order valence-corrected chi connectivity index (χ2v) is 5.49. The van der Waals surface area contributed by atoms with Crippen LogP contribution in [0.4, 0.5) is 0 Å². The highest BCUT2D eigenvalue weighted by molar-refractivity contribution is 5.32. The van der Waals surface area contributed by atoms with Crippen LogP contribution in [0.2, 0.25) is 0 Å². The summed E-state index contributed by atoms with van der Waals surface area (Å²) in [5.74, 6) is 0.353. The molecule has 2 heteroatoms. The van der Waals surface area contributed by atoms with Crippen LogP contribution >= 0.6 is 0 Å². The zero-order chi connectivity index (χ0) is 13.2. The van der Waals surface area contributed by atoms with E-state index in [1.807, 2.05) is 12.3 Å². The van der Waals surface area contributed by atoms with E-state index in [2.05, 4.69) is 42.2 Å². The van der Waals surface area contributed by atoms with E-state index >= 15 is 0 Å². The van der Waals surface area contributed by atoms with Gasteiger partial charge in [-0.1, -0.05) is 35.9 Å². The molecule has 2 N–H and O–H groups in total. The summed E-state index contributed by atoms with van der Waals surface area (Å²) in [7, 11) is 0. The minimum absolute atomic E-state index is 0.0499. The van der Waals surface area contributed by atoms with Crippen molar-refractivity contribution in [2.24, 2.45) is 5.73 Å². The molecule has 0 saturated heterocycles. The SMILES string of the molecule is Cc1cccc(C(N)C2CCCc3cccnc32)c1. The quantitative estimate of drug-likeness (QED) is 0.888. The second kappa shape index (κ2) is 5.14. The van der Waals surface area contributed by atoms with Crippen molar-refractivity contribution < 1.29 is 0 Å². The predicted molar refractivity (Wildman–Crippen MR) is 78.0 cm³/mol. The number of nitrogens with zero attached hydrogens (tertiary/aromatic N) is 1. The highest BCUT2D eigenvalue weighted by Gasteiger charge is 2.27. The van der Waals surface area contributed by atoms with E-state index in [1.165, 1.54) is 28.8 Å². The average Bonchev–Trinajstić information content (AvgIpc) is 2.46. The maximum atomic E-state index is 6.51. The fourth-order valence-corrected chi connectivity index (χ4v) is 3.10. The Morgan fingerprint density at radius 2 is 2.16 bits per heavy atom. The van der Waals surface area contributed by atoms with Crippen LogP contribution < -0.4 is 5.73 Å². The Morgan fingerprint density at radius 3 is 3.00 bits per heavy atom. The first-order chi connectivity index (χ1) is 9.25. The van der Waals surface area contributed by atoms with Crippen LogP contribution in [0.25, 0.3) is 0 Å². The molecule has 1 aliphatic rings. The van der Waals surface area contributed by atoms with Crippen molar-refractivity contribution in [3.63, 3.8) is 0 Å². The molecule has 0 aliphatic heterocycles. The van der Waals surface area contributed by atoms with Gasteiger partial charge in [-0.25, -0.2) is 0 Å². The third-order valence-electron chi connectivity index (χ3n) is 4.10. The summed E-state index contributed by atoms with van der Waals surface area (Å²) in [6.45, 7) is 2.11. The van der Waals surface area contributed by atoms with Gasteiger partial charge < -0.3 is 5.73 Å². The molecular weight excluding hydrogens is 232 g/mol. The highest BCUT2D eigenvalue weighted by atomic mass is 14.7. The lowest BCUT2D eigenvalue weighted by Crippen LogP contribution is -2.24. The third-order valence-corrected chi connectivity index (χ3v) is 4.10. The normalized spacial score (nSPS) is 19.8. The molecule has 1 aromatic carbocycles. The van der Waals surface area contributed by atoms with Crippen molar-refractivity contribution in [3.8, 4) is 0 Å². The number of nitrogens with two attached hydrogens (primary N) is 1. The van der Waals surface area contributed by atoms with Gasteiger partial charge in [0.15, 0.2) is 0 Å². The number of rotatable bonds is 2. The number of benzene rings is 1. The number of aromatic nitrogens is 1. The van der Waals surface area contributed by atoms with Crippen molar-refractivity contribution in [1.29, 1.82) is 0 Å². The first kappa shape index (κ1) is 12.4. The van der Waals surface area contributed by atoms with E-state index in [4.69, 9.17) is 5.73 Å². The van der Waals surface area contributed by atoms with Gasteiger partial charge in [0.2, 0.25) is 0 Å². The van der Waals surface area contributed by atoms with Gasteiger partial charge in [0, 0.05) is 23.9 Å². The van der Waals surface area contributed by atoms with Gasteiger partial charge in [0.1, 0.15) is 0 Å². The Morgan fingerprint density at radius 1 is 1.26 bits per heavy atom. The number of fused-ring (bicyclic) bond motifs is 1. The zero-order valence-electron chi connectivity index (χ0n) is 11.3. The van der Waals surface area contributed by atoms with Gasteiger partial charge in [-0.2, -0.15) is 0 Å². The molecule has 3 rings (SSSR count). The summed E-state index contributed by atoms with van der Waals surface area (Å²) in [4.78, 5) is 4.59. The fourth-order valence-electron chi connectivity index (χ4n) is 3.10. The minimum atomic E-state index is 0.0499. The molecule has 0 bridgehead atoms. The lowest BCUT2D eigenvalue weighted by molar-refractivity contribution is 0.462. The third kappa shape index (κ3) is 2.41. The van der Waals surface area contributed by atoms with Crippen LogP contribution in [0.5, 0.6) is 0 Å². The summed E-state index contributed by atoms with van der Waals surface area (Å²) in [5.41, 5.74) is 11.6. The smallest absolute Gasteiger partial charge is 0.0485 e. The van der Waals surface area contributed by atoms with Crippen molar-refractivity contribution in [1.82, 2.24) is 4.98 Å². The van der Waals surface area contributed by atoms with Crippen molar-refractivity contribution in [2.75, 3.05) is 0 Å². The molecule has 19 heavy (non-hydrogen) atoms. The summed E-state index contributed by atoms with van der Waals surface area (Å²) < 4.78 is 0. The van der Waals surface area contributed by atoms with Crippen LogP contribution in [0.1, 0.15) is 47.2 Å². The Bertz CT molecular complexity index is 577. The molecule has 0 radical (unpaired) electrons. The fraction of sp³-hybridized carbons (Fsp3) is 0.353. The van der Waals surface area contributed by atoms with Gasteiger partial charge in [-0.15, -0.1) is 0 Å². The molecule has 0 spiro atoms. The van der Waals surface area contributed by atoms with E-state index in [1.54, 1.807) is 0 Å². The monoisotopic (exact) mass is 252 g/mol. The maximum Gasteiger partial charge on any atom is 0.0485 e. The second-order valence-electron chi connectivity index (χ2n) is 5.49. The molecular formula is C17H20N2. The first-order valence-electron chi connectivity index (χ1n) is 7.01. The molecule has 0 saturated carbocycles. The Hall–Kier alpha value is -1.67. The van der Waals surface area contributed by atoms with E-state index in [-0.39, 0.29) is 6.04 Å². The molecule has 1 aromatic heterocycles. The predicted octanol–water partition coefficient (Wildman–Crippen LogP) is 3.51. The number of pyridine rings is 1. The van der Waals surface area contributed by atoms with E-state index in [9.17, 15) is 0 Å². The van der Waals surface area contributed by atoms with Crippen LogP contribution in [-0.2, 0) is 6.42 Å². The Balaban J connectivity index is 1.95. The largest absolute Gasteiger partial charge is 0.323 e. The number of aryl methyl sites for hydroxylation is 2. The van der Waals surface area contributed by atoms with Crippen LogP contribution in [-0.4, -0.2) is 4.98 Å². The van der Waals surface area contributed by atoms with Gasteiger partial charge >= 0.3 is 0 Å². The van der Waals surface area contributed by atoms with Crippen molar-refractivity contribution in [2.45, 2.75) is 38.1 Å². The molecule has 0 amide bonds. The number of hydrogen-bond acceptors (Lipinski definition) is 2. The minimum Gasteiger partial charge on any atom is -0.323 e. The van der Waals surface area contributed by atoms with Gasteiger partial charge in [-0.3, -0.25) is 4.98 Å². The topological polar surface area (TPSA) is 38.9 Å². The van der Waals surface area contributed by atoms with Crippen LogP contribution in [0, 0.1) is 6.92 Å². The van der Waals surface area contributed by atoms with Gasteiger partial charge in [-0.05, 0) is 43.4 Å². The van der Waals surface area contributed by atoms with Gasteiger partial charge in [0.25, 0.3) is 0 Å². The zero-order valence-corrected chi connectivity index (χ0v) is 11.3. The summed E-state index contributed by atoms with van der Waals surface area (Å²) in [6, 6.07) is 12.8. The summed E-state index contributed by atoms with van der Waals surface area (Å²) in [6.07, 6.45) is 5.38. The molecule has 2 atom stereocenters. The summed E-state index contributed by atoms with van der Waals surface area (Å²) in [5, 5.41) is 0. The van der Waals surface area contributed by atoms with Gasteiger partial charge in [0.05, 0.1) is 0 Å². The van der Waals surface area contributed by atoms with E-state index in [0.29, 0.717) is 5.92 Å². The molecule has 2 unspecified atom stereocenters. The van der Waals surface area contributed by atoms with Crippen molar-refractivity contribution >= 4 is 0 Å². The average molecular weight is 252 g/mol. The lowest BCUT2D eigenvalue weighted by Gasteiger charge is -2.29. The summed E-state index contributed by atoms with van der Waals surface area (Å²) >= 11 is 0. The molecule has 0 fully saturated rings. The Labute approximate surface area is 114 Å². The molecule has 98 valence electrons. The molecule has 1 heterocycles. The number of hydrogen-bond donors (Lipinski definition) is 1. The van der Waals surface area contributed by atoms with Crippen LogP contribution in [0.3, 0.4) is 0 Å². The maximum absolute atomic E-state index is 6.51.